The van der Waals surface area contributed by atoms with Crippen LogP contribution in [0.15, 0.2) is 30.3 Å². The summed E-state index contributed by atoms with van der Waals surface area (Å²) in [4.78, 5) is 39.5. The first-order valence-electron chi connectivity index (χ1n) is 12.3. The van der Waals surface area contributed by atoms with Crippen LogP contribution < -0.4 is 5.32 Å². The zero-order valence-corrected chi connectivity index (χ0v) is 19.9. The average Bonchev–Trinajstić information content (AvgIpc) is 2.82. The first kappa shape index (κ1) is 25.2. The highest BCUT2D eigenvalue weighted by Crippen LogP contribution is 2.46. The van der Waals surface area contributed by atoms with Gasteiger partial charge >= 0.3 is 11.9 Å². The van der Waals surface area contributed by atoms with Crippen LogP contribution in [0.2, 0.25) is 0 Å². The van der Waals surface area contributed by atoms with Gasteiger partial charge in [-0.15, -0.1) is 0 Å². The lowest BCUT2D eigenvalue weighted by atomic mass is 9.66. The molecule has 1 saturated carbocycles. The van der Waals surface area contributed by atoms with Crippen molar-refractivity contribution in [3.8, 4) is 0 Å². The van der Waals surface area contributed by atoms with Crippen LogP contribution in [0.4, 0.5) is 0 Å². The molecule has 182 valence electrons. The van der Waals surface area contributed by atoms with Crippen molar-refractivity contribution in [2.24, 2.45) is 5.41 Å². The van der Waals surface area contributed by atoms with E-state index in [9.17, 15) is 19.5 Å². The number of amides is 1. The molecule has 1 spiro atoms. The Hall–Kier alpha value is -2.41. The average molecular weight is 459 g/mol. The van der Waals surface area contributed by atoms with Gasteiger partial charge < -0.3 is 14.7 Å². The van der Waals surface area contributed by atoms with Gasteiger partial charge in [0.25, 0.3) is 0 Å². The molecule has 2 fully saturated rings. The summed E-state index contributed by atoms with van der Waals surface area (Å²) >= 11 is 0. The van der Waals surface area contributed by atoms with Crippen molar-refractivity contribution in [2.75, 3.05) is 13.2 Å². The van der Waals surface area contributed by atoms with E-state index in [2.05, 4.69) is 5.32 Å². The predicted molar refractivity (Wildman–Crippen MR) is 126 cm³/mol. The van der Waals surface area contributed by atoms with E-state index >= 15 is 0 Å². The topological polar surface area (TPSA) is 95.9 Å². The molecule has 1 heterocycles. The summed E-state index contributed by atoms with van der Waals surface area (Å²) in [5, 5.41) is 13.1. The van der Waals surface area contributed by atoms with Crippen LogP contribution in [0, 0.1) is 5.41 Å². The van der Waals surface area contributed by atoms with Crippen LogP contribution in [0.3, 0.4) is 0 Å². The van der Waals surface area contributed by atoms with E-state index in [1.807, 2.05) is 30.3 Å². The fraction of sp³-hybridized carbons (Fsp3) is 0.654. The predicted octanol–water partition coefficient (Wildman–Crippen LogP) is 3.56. The SMILES string of the molecule is CCOC(=O)[C@H](CCc1ccccc1)NC(C)C(=O)N1CCC2(CCCCC2)C[C@H]1C(=O)O. The van der Waals surface area contributed by atoms with Gasteiger partial charge in [0.1, 0.15) is 12.1 Å². The van der Waals surface area contributed by atoms with Gasteiger partial charge in [-0.3, -0.25) is 14.9 Å². The Morgan fingerprint density at radius 3 is 2.48 bits per heavy atom. The second-order valence-corrected chi connectivity index (χ2v) is 9.62. The number of rotatable bonds is 9. The Bertz CT molecular complexity index is 806. The number of hydrogen-bond acceptors (Lipinski definition) is 5. The lowest BCUT2D eigenvalue weighted by molar-refractivity contribution is -0.157. The Morgan fingerprint density at radius 1 is 1.15 bits per heavy atom. The fourth-order valence-corrected chi connectivity index (χ4v) is 5.47. The van der Waals surface area contributed by atoms with Gasteiger partial charge in [0, 0.05) is 6.54 Å². The number of ether oxygens (including phenoxy) is 1. The van der Waals surface area contributed by atoms with Crippen LogP contribution in [0.5, 0.6) is 0 Å². The third-order valence-electron chi connectivity index (χ3n) is 7.33. The number of piperidine rings is 1. The Kier molecular flexibility index (Phi) is 8.89. The zero-order valence-electron chi connectivity index (χ0n) is 19.9. The molecule has 7 nitrogen and oxygen atoms in total. The molecule has 2 N–H and O–H groups in total. The Morgan fingerprint density at radius 2 is 1.85 bits per heavy atom. The van der Waals surface area contributed by atoms with Crippen molar-refractivity contribution in [1.29, 1.82) is 0 Å². The smallest absolute Gasteiger partial charge is 0.326 e. The standard InChI is InChI=1S/C26H38N2O5/c1-3-33-25(32)21(13-12-20-10-6-4-7-11-20)27-19(2)23(29)28-17-16-26(14-8-5-9-15-26)18-22(28)24(30)31/h4,6-7,10-11,19,21-22,27H,3,5,8-9,12-18H2,1-2H3,(H,30,31)/t19?,21-,22-/m0/s1. The van der Waals surface area contributed by atoms with Gasteiger partial charge in [0.15, 0.2) is 0 Å². The monoisotopic (exact) mass is 458 g/mol. The minimum atomic E-state index is -0.939. The van der Waals surface area contributed by atoms with Gasteiger partial charge in [0.05, 0.1) is 12.6 Å². The molecule has 1 aromatic carbocycles. The summed E-state index contributed by atoms with van der Waals surface area (Å²) < 4.78 is 5.23. The molecule has 2 aliphatic rings. The van der Waals surface area contributed by atoms with Crippen molar-refractivity contribution in [3.05, 3.63) is 35.9 Å². The number of carbonyl (C=O) groups excluding carboxylic acids is 2. The van der Waals surface area contributed by atoms with Crippen molar-refractivity contribution in [3.63, 3.8) is 0 Å². The summed E-state index contributed by atoms with van der Waals surface area (Å²) in [6.45, 7) is 4.18. The minimum absolute atomic E-state index is 0.0535. The minimum Gasteiger partial charge on any atom is -0.480 e. The molecular formula is C26H38N2O5. The van der Waals surface area contributed by atoms with E-state index in [0.29, 0.717) is 25.8 Å². The normalized spacial score (nSPS) is 21.9. The number of benzene rings is 1. The van der Waals surface area contributed by atoms with E-state index in [-0.39, 0.29) is 23.9 Å². The summed E-state index contributed by atoms with van der Waals surface area (Å²) in [7, 11) is 0. The zero-order chi connectivity index (χ0) is 23.8. The second kappa shape index (κ2) is 11.6. The van der Waals surface area contributed by atoms with Crippen molar-refractivity contribution >= 4 is 17.8 Å². The number of carboxylic acids is 1. The van der Waals surface area contributed by atoms with Crippen LogP contribution in [-0.2, 0) is 25.5 Å². The number of aryl methyl sites for hydroxylation is 1. The highest BCUT2D eigenvalue weighted by Gasteiger charge is 2.45. The molecule has 0 aromatic heterocycles. The maximum atomic E-state index is 13.3. The highest BCUT2D eigenvalue weighted by atomic mass is 16.5. The van der Waals surface area contributed by atoms with Gasteiger partial charge in [0.2, 0.25) is 5.91 Å². The van der Waals surface area contributed by atoms with Crippen LogP contribution in [0.1, 0.15) is 70.8 Å². The van der Waals surface area contributed by atoms with Crippen molar-refractivity contribution in [1.82, 2.24) is 10.2 Å². The molecule has 0 radical (unpaired) electrons. The molecule has 1 unspecified atom stereocenters. The van der Waals surface area contributed by atoms with E-state index in [1.165, 1.54) is 11.3 Å². The molecular weight excluding hydrogens is 420 g/mol. The van der Waals surface area contributed by atoms with Crippen LogP contribution >= 0.6 is 0 Å². The molecule has 33 heavy (non-hydrogen) atoms. The van der Waals surface area contributed by atoms with Crippen LogP contribution in [0.25, 0.3) is 0 Å². The first-order valence-corrected chi connectivity index (χ1v) is 12.3. The molecule has 1 saturated heterocycles. The number of esters is 1. The number of nitrogens with one attached hydrogen (secondary N) is 1. The number of hydrogen-bond donors (Lipinski definition) is 2. The fourth-order valence-electron chi connectivity index (χ4n) is 5.47. The quantitative estimate of drug-likeness (QED) is 0.550. The largest absolute Gasteiger partial charge is 0.480 e. The van der Waals surface area contributed by atoms with Gasteiger partial charge in [-0.25, -0.2) is 4.79 Å². The maximum Gasteiger partial charge on any atom is 0.326 e. The molecule has 3 atom stereocenters. The van der Waals surface area contributed by atoms with E-state index < -0.39 is 24.1 Å². The molecule has 1 aliphatic heterocycles. The number of carboxylic acid groups (broad SMARTS) is 1. The van der Waals surface area contributed by atoms with E-state index in [1.54, 1.807) is 13.8 Å². The molecule has 1 aromatic rings. The highest BCUT2D eigenvalue weighted by molar-refractivity contribution is 5.88. The molecule has 3 rings (SSSR count). The molecule has 1 amide bonds. The number of nitrogens with zero attached hydrogens (tertiary/aromatic N) is 1. The third kappa shape index (κ3) is 6.56. The first-order chi connectivity index (χ1) is 15.8. The maximum absolute atomic E-state index is 13.3. The molecule has 1 aliphatic carbocycles. The van der Waals surface area contributed by atoms with Crippen LogP contribution in [-0.4, -0.2) is 59.1 Å². The lowest BCUT2D eigenvalue weighted by Gasteiger charge is -2.47. The summed E-state index contributed by atoms with van der Waals surface area (Å²) in [6.07, 6.45) is 8.13. The van der Waals surface area contributed by atoms with Gasteiger partial charge in [-0.1, -0.05) is 49.6 Å². The molecule has 0 bridgehead atoms. The summed E-state index contributed by atoms with van der Waals surface area (Å²) in [6, 6.07) is 7.73. The van der Waals surface area contributed by atoms with Crippen molar-refractivity contribution in [2.45, 2.75) is 89.8 Å². The van der Waals surface area contributed by atoms with Gasteiger partial charge in [-0.05, 0) is 63.4 Å². The number of likely N-dealkylation sites (tertiary alicyclic amines) is 1. The van der Waals surface area contributed by atoms with E-state index in [4.69, 9.17) is 4.74 Å². The van der Waals surface area contributed by atoms with Crippen molar-refractivity contribution < 1.29 is 24.2 Å². The lowest BCUT2D eigenvalue weighted by Crippen LogP contribution is -2.59. The van der Waals surface area contributed by atoms with Gasteiger partial charge in [-0.2, -0.15) is 0 Å². The second-order valence-electron chi connectivity index (χ2n) is 9.62. The third-order valence-corrected chi connectivity index (χ3v) is 7.33. The summed E-state index contributed by atoms with van der Waals surface area (Å²) in [5.74, 6) is -1.59. The van der Waals surface area contributed by atoms with E-state index in [0.717, 1.165) is 37.7 Å². The Balaban J connectivity index is 1.66. The Labute approximate surface area is 196 Å². The summed E-state index contributed by atoms with van der Waals surface area (Å²) in [5.41, 5.74) is 1.16. The number of carbonyl (C=O) groups is 3. The molecule has 7 heteroatoms. The number of aliphatic carboxylic acids is 1.